The molecule has 0 atom stereocenters. The van der Waals surface area contributed by atoms with Crippen LogP contribution in [0.3, 0.4) is 0 Å². The van der Waals surface area contributed by atoms with Crippen molar-refractivity contribution in [1.82, 2.24) is 4.90 Å². The quantitative estimate of drug-likeness (QED) is 0.759. The number of likely N-dealkylation sites (N-methyl/N-ethyl adjacent to an activating group) is 1. The summed E-state index contributed by atoms with van der Waals surface area (Å²) in [6.45, 7) is 4.03. The minimum atomic E-state index is 0.00607. The van der Waals surface area contributed by atoms with Crippen LogP contribution in [0.1, 0.15) is 25.3 Å². The van der Waals surface area contributed by atoms with Crippen molar-refractivity contribution in [2.45, 2.75) is 26.4 Å². The third-order valence-corrected chi connectivity index (χ3v) is 3.69. The number of ether oxygens (including phenoxy) is 1. The van der Waals surface area contributed by atoms with E-state index in [4.69, 9.17) is 4.74 Å². The van der Waals surface area contributed by atoms with Crippen molar-refractivity contribution in [3.8, 4) is 5.75 Å². The van der Waals surface area contributed by atoms with Crippen molar-refractivity contribution in [2.24, 2.45) is 0 Å². The van der Waals surface area contributed by atoms with Crippen molar-refractivity contribution >= 4 is 11.6 Å². The van der Waals surface area contributed by atoms with Gasteiger partial charge in [0.1, 0.15) is 12.4 Å². The molecule has 0 spiro atoms. The van der Waals surface area contributed by atoms with Crippen LogP contribution in [0.15, 0.2) is 54.6 Å². The van der Waals surface area contributed by atoms with Gasteiger partial charge in [-0.05, 0) is 49.8 Å². The van der Waals surface area contributed by atoms with Gasteiger partial charge >= 0.3 is 0 Å². The Labute approximate surface area is 144 Å². The minimum absolute atomic E-state index is 0.00607. The Bertz CT molecular complexity index is 611. The Morgan fingerprint density at radius 3 is 2.46 bits per heavy atom. The molecule has 0 aliphatic rings. The van der Waals surface area contributed by atoms with Gasteiger partial charge in [0.05, 0.1) is 6.54 Å². The summed E-state index contributed by atoms with van der Waals surface area (Å²) in [7, 11) is 1.97. The fourth-order valence-electron chi connectivity index (χ4n) is 2.33. The number of anilines is 1. The van der Waals surface area contributed by atoms with Crippen LogP contribution in [0.4, 0.5) is 5.69 Å². The van der Waals surface area contributed by atoms with E-state index in [0.717, 1.165) is 36.4 Å². The Morgan fingerprint density at radius 2 is 1.79 bits per heavy atom. The largest absolute Gasteiger partial charge is 0.489 e. The third-order valence-electron chi connectivity index (χ3n) is 3.69. The number of nitrogens with zero attached hydrogens (tertiary/aromatic N) is 1. The van der Waals surface area contributed by atoms with E-state index in [1.54, 1.807) is 0 Å². The molecule has 0 aromatic heterocycles. The number of benzene rings is 2. The Hall–Kier alpha value is -2.33. The van der Waals surface area contributed by atoms with Crippen molar-refractivity contribution in [3.05, 3.63) is 60.2 Å². The highest BCUT2D eigenvalue weighted by Gasteiger charge is 2.06. The Kier molecular flexibility index (Phi) is 7.30. The molecular formula is C20H26N2O2. The topological polar surface area (TPSA) is 41.6 Å². The molecule has 128 valence electrons. The number of unbranched alkanes of at least 4 members (excludes halogenated alkanes) is 1. The number of rotatable bonds is 9. The van der Waals surface area contributed by atoms with E-state index in [1.165, 1.54) is 0 Å². The van der Waals surface area contributed by atoms with Gasteiger partial charge in [0.25, 0.3) is 0 Å². The van der Waals surface area contributed by atoms with Crippen LogP contribution in [0.2, 0.25) is 0 Å². The smallest absolute Gasteiger partial charge is 0.238 e. The maximum Gasteiger partial charge on any atom is 0.238 e. The number of carbonyl (C=O) groups excluding carboxylic acids is 1. The predicted octanol–water partition coefficient (Wildman–Crippen LogP) is 3.94. The lowest BCUT2D eigenvalue weighted by Crippen LogP contribution is -2.30. The fraction of sp³-hybridized carbons (Fsp3) is 0.350. The second-order valence-electron chi connectivity index (χ2n) is 5.94. The average molecular weight is 326 g/mol. The summed E-state index contributed by atoms with van der Waals surface area (Å²) in [5.41, 5.74) is 1.92. The van der Waals surface area contributed by atoms with Gasteiger partial charge < -0.3 is 10.1 Å². The molecule has 0 bridgehead atoms. The summed E-state index contributed by atoms with van der Waals surface area (Å²) >= 11 is 0. The highest BCUT2D eigenvalue weighted by molar-refractivity contribution is 5.92. The highest BCUT2D eigenvalue weighted by Crippen LogP contribution is 2.17. The van der Waals surface area contributed by atoms with Gasteiger partial charge in [0, 0.05) is 5.69 Å². The first-order valence-electron chi connectivity index (χ1n) is 8.42. The van der Waals surface area contributed by atoms with Crippen LogP contribution in [0, 0.1) is 0 Å². The summed E-state index contributed by atoms with van der Waals surface area (Å²) in [5, 5.41) is 2.91. The lowest BCUT2D eigenvalue weighted by Gasteiger charge is -2.15. The molecule has 4 nitrogen and oxygen atoms in total. The fourth-order valence-corrected chi connectivity index (χ4v) is 2.33. The first-order valence-corrected chi connectivity index (χ1v) is 8.42. The molecule has 2 rings (SSSR count). The van der Waals surface area contributed by atoms with Crippen LogP contribution < -0.4 is 10.1 Å². The molecule has 0 unspecified atom stereocenters. The number of hydrogen-bond donors (Lipinski definition) is 1. The molecule has 2 aromatic rings. The Balaban J connectivity index is 1.78. The molecule has 4 heteroatoms. The summed E-state index contributed by atoms with van der Waals surface area (Å²) in [4.78, 5) is 14.0. The molecule has 0 saturated heterocycles. The van der Waals surface area contributed by atoms with E-state index < -0.39 is 0 Å². The van der Waals surface area contributed by atoms with Gasteiger partial charge in [-0.2, -0.15) is 0 Å². The molecular weight excluding hydrogens is 300 g/mol. The molecule has 0 saturated carbocycles. The van der Waals surface area contributed by atoms with Crippen LogP contribution in [0.5, 0.6) is 5.75 Å². The van der Waals surface area contributed by atoms with Gasteiger partial charge in [0.2, 0.25) is 5.91 Å². The number of hydrogen-bond acceptors (Lipinski definition) is 3. The Morgan fingerprint density at radius 1 is 1.08 bits per heavy atom. The standard InChI is InChI=1S/C20H26N2O2/c1-3-4-14-22(2)15-20(23)21-18-10-12-19(13-11-18)24-16-17-8-6-5-7-9-17/h5-13H,3-4,14-16H2,1-2H3,(H,21,23). The first-order chi connectivity index (χ1) is 11.7. The third kappa shape index (κ3) is 6.42. The van der Waals surface area contributed by atoms with Gasteiger partial charge in [0.15, 0.2) is 0 Å². The van der Waals surface area contributed by atoms with Crippen LogP contribution in [-0.4, -0.2) is 30.9 Å². The number of amides is 1. The van der Waals surface area contributed by atoms with Gasteiger partial charge in [-0.1, -0.05) is 43.7 Å². The zero-order chi connectivity index (χ0) is 17.2. The number of nitrogens with one attached hydrogen (secondary N) is 1. The molecule has 0 aliphatic heterocycles. The lowest BCUT2D eigenvalue weighted by molar-refractivity contribution is -0.117. The zero-order valence-corrected chi connectivity index (χ0v) is 14.5. The van der Waals surface area contributed by atoms with Crippen molar-refractivity contribution in [3.63, 3.8) is 0 Å². The minimum Gasteiger partial charge on any atom is -0.489 e. The van der Waals surface area contributed by atoms with E-state index >= 15 is 0 Å². The highest BCUT2D eigenvalue weighted by atomic mass is 16.5. The van der Waals surface area contributed by atoms with Gasteiger partial charge in [-0.25, -0.2) is 0 Å². The second-order valence-corrected chi connectivity index (χ2v) is 5.94. The molecule has 0 radical (unpaired) electrons. The van der Waals surface area contributed by atoms with E-state index in [0.29, 0.717) is 13.2 Å². The molecule has 2 aromatic carbocycles. The van der Waals surface area contributed by atoms with Gasteiger partial charge in [-0.3, -0.25) is 9.69 Å². The van der Waals surface area contributed by atoms with E-state index in [-0.39, 0.29) is 5.91 Å². The molecule has 0 fully saturated rings. The average Bonchev–Trinajstić information content (AvgIpc) is 2.60. The van der Waals surface area contributed by atoms with E-state index in [1.807, 2.05) is 66.5 Å². The monoisotopic (exact) mass is 326 g/mol. The van der Waals surface area contributed by atoms with Crippen molar-refractivity contribution < 1.29 is 9.53 Å². The maximum atomic E-state index is 12.0. The molecule has 0 aliphatic carbocycles. The first kappa shape index (κ1) is 18.0. The molecule has 1 amide bonds. The van der Waals surface area contributed by atoms with E-state index in [2.05, 4.69) is 12.2 Å². The molecule has 0 heterocycles. The zero-order valence-electron chi connectivity index (χ0n) is 14.5. The van der Waals surface area contributed by atoms with Crippen molar-refractivity contribution in [1.29, 1.82) is 0 Å². The summed E-state index contributed by atoms with van der Waals surface area (Å²) in [6, 6.07) is 17.5. The summed E-state index contributed by atoms with van der Waals surface area (Å²) in [5.74, 6) is 0.795. The second kappa shape index (κ2) is 9.73. The predicted molar refractivity (Wildman–Crippen MR) is 98.3 cm³/mol. The van der Waals surface area contributed by atoms with Crippen LogP contribution >= 0.6 is 0 Å². The summed E-state index contributed by atoms with van der Waals surface area (Å²) < 4.78 is 5.74. The lowest BCUT2D eigenvalue weighted by atomic mass is 10.2. The SMILES string of the molecule is CCCCN(C)CC(=O)Nc1ccc(OCc2ccccc2)cc1. The maximum absolute atomic E-state index is 12.0. The molecule has 1 N–H and O–H groups in total. The number of carbonyl (C=O) groups is 1. The van der Waals surface area contributed by atoms with Crippen LogP contribution in [-0.2, 0) is 11.4 Å². The normalized spacial score (nSPS) is 10.6. The molecule has 24 heavy (non-hydrogen) atoms. The summed E-state index contributed by atoms with van der Waals surface area (Å²) in [6.07, 6.45) is 2.24. The van der Waals surface area contributed by atoms with E-state index in [9.17, 15) is 4.79 Å². The van der Waals surface area contributed by atoms with Crippen LogP contribution in [0.25, 0.3) is 0 Å². The van der Waals surface area contributed by atoms with Crippen molar-refractivity contribution in [2.75, 3.05) is 25.5 Å². The van der Waals surface area contributed by atoms with Gasteiger partial charge in [-0.15, -0.1) is 0 Å².